The van der Waals surface area contributed by atoms with E-state index in [1.807, 2.05) is 6.92 Å². The summed E-state index contributed by atoms with van der Waals surface area (Å²) in [6.45, 7) is 6.49. The molecule has 3 nitrogen and oxygen atoms in total. The molecule has 0 rings (SSSR count). The third-order valence-electron chi connectivity index (χ3n) is 2.86. The van der Waals surface area contributed by atoms with Crippen LogP contribution in [-0.2, 0) is 9.53 Å². The maximum atomic E-state index is 11.4. The van der Waals surface area contributed by atoms with Crippen molar-refractivity contribution >= 4 is 5.97 Å². The summed E-state index contributed by atoms with van der Waals surface area (Å²) in [5.74, 6) is 0.206. The van der Waals surface area contributed by atoms with Crippen molar-refractivity contribution < 1.29 is 14.6 Å². The van der Waals surface area contributed by atoms with Gasteiger partial charge in [0.15, 0.2) is 0 Å². The topological polar surface area (TPSA) is 46.5 Å². The molecule has 0 aromatic rings. The van der Waals surface area contributed by atoms with E-state index in [-0.39, 0.29) is 12.6 Å². The van der Waals surface area contributed by atoms with Gasteiger partial charge in [0, 0.05) is 12.2 Å². The summed E-state index contributed by atoms with van der Waals surface area (Å²) >= 11 is 0. The van der Waals surface area contributed by atoms with Gasteiger partial charge in [-0.3, -0.25) is 0 Å². The van der Waals surface area contributed by atoms with Crippen LogP contribution in [0.15, 0.2) is 11.6 Å². The summed E-state index contributed by atoms with van der Waals surface area (Å²) in [7, 11) is 0. The molecule has 0 aliphatic heterocycles. The fraction of sp³-hybridized carbons (Fsp3) is 0.786. The van der Waals surface area contributed by atoms with Gasteiger partial charge in [0.1, 0.15) is 0 Å². The van der Waals surface area contributed by atoms with Gasteiger partial charge >= 0.3 is 5.97 Å². The SMILES string of the molecule is CC=C(C)C(=O)OCC(C)CCCCCCO. The molecule has 0 bridgehead atoms. The molecule has 0 aliphatic carbocycles. The van der Waals surface area contributed by atoms with Crippen LogP contribution in [0.5, 0.6) is 0 Å². The predicted octanol–water partition coefficient (Wildman–Crippen LogP) is 3.07. The van der Waals surface area contributed by atoms with E-state index in [2.05, 4.69) is 6.92 Å². The molecule has 1 unspecified atom stereocenters. The number of carbonyl (C=O) groups excluding carboxylic acids is 1. The highest BCUT2D eigenvalue weighted by Gasteiger charge is 2.08. The van der Waals surface area contributed by atoms with Gasteiger partial charge in [0.25, 0.3) is 0 Å². The highest BCUT2D eigenvalue weighted by atomic mass is 16.5. The van der Waals surface area contributed by atoms with E-state index in [0.717, 1.165) is 32.1 Å². The molecule has 0 saturated heterocycles. The lowest BCUT2D eigenvalue weighted by Crippen LogP contribution is -2.12. The van der Waals surface area contributed by atoms with E-state index >= 15 is 0 Å². The van der Waals surface area contributed by atoms with Gasteiger partial charge in [-0.25, -0.2) is 4.79 Å². The van der Waals surface area contributed by atoms with Crippen LogP contribution in [0.4, 0.5) is 0 Å². The van der Waals surface area contributed by atoms with Gasteiger partial charge in [-0.05, 0) is 32.6 Å². The van der Waals surface area contributed by atoms with E-state index in [1.165, 1.54) is 0 Å². The molecule has 100 valence electrons. The monoisotopic (exact) mass is 242 g/mol. The second-order valence-electron chi connectivity index (χ2n) is 4.60. The zero-order chi connectivity index (χ0) is 13.1. The number of esters is 1. The van der Waals surface area contributed by atoms with E-state index in [1.54, 1.807) is 13.0 Å². The minimum atomic E-state index is -0.209. The Bertz CT molecular complexity index is 234. The fourth-order valence-corrected chi connectivity index (χ4v) is 1.49. The molecule has 3 heteroatoms. The van der Waals surface area contributed by atoms with Crippen LogP contribution in [0.3, 0.4) is 0 Å². The molecule has 0 heterocycles. The van der Waals surface area contributed by atoms with Crippen molar-refractivity contribution in [2.45, 2.75) is 52.9 Å². The van der Waals surface area contributed by atoms with E-state index < -0.39 is 0 Å². The lowest BCUT2D eigenvalue weighted by Gasteiger charge is -2.12. The first-order chi connectivity index (χ1) is 8.11. The molecule has 1 atom stereocenters. The standard InChI is InChI=1S/C14H26O3/c1-4-13(3)14(16)17-11-12(2)9-7-5-6-8-10-15/h4,12,15H,5-11H2,1-3H3. The summed E-state index contributed by atoms with van der Waals surface area (Å²) in [4.78, 5) is 11.4. The van der Waals surface area contributed by atoms with Crippen LogP contribution in [0.25, 0.3) is 0 Å². The summed E-state index contributed by atoms with van der Waals surface area (Å²) in [6.07, 6.45) is 7.11. The lowest BCUT2D eigenvalue weighted by molar-refractivity contribution is -0.140. The van der Waals surface area contributed by atoms with Crippen molar-refractivity contribution in [2.24, 2.45) is 5.92 Å². The van der Waals surface area contributed by atoms with E-state index in [4.69, 9.17) is 9.84 Å². The molecule has 0 amide bonds. The average Bonchev–Trinajstić information content (AvgIpc) is 2.34. The first-order valence-corrected chi connectivity index (χ1v) is 6.52. The van der Waals surface area contributed by atoms with Gasteiger partial charge in [0.2, 0.25) is 0 Å². The van der Waals surface area contributed by atoms with Gasteiger partial charge < -0.3 is 9.84 Å². The third kappa shape index (κ3) is 8.93. The van der Waals surface area contributed by atoms with Crippen LogP contribution < -0.4 is 0 Å². The van der Waals surface area contributed by atoms with Crippen molar-refractivity contribution in [3.8, 4) is 0 Å². The van der Waals surface area contributed by atoms with Gasteiger partial charge in [-0.1, -0.05) is 32.3 Å². The molecule has 0 aliphatic rings. The first-order valence-electron chi connectivity index (χ1n) is 6.52. The van der Waals surface area contributed by atoms with Crippen molar-refractivity contribution in [2.75, 3.05) is 13.2 Å². The lowest BCUT2D eigenvalue weighted by atomic mass is 10.0. The Morgan fingerprint density at radius 3 is 2.53 bits per heavy atom. The Labute approximate surface area is 105 Å². The summed E-state index contributed by atoms with van der Waals surface area (Å²) < 4.78 is 5.19. The largest absolute Gasteiger partial charge is 0.462 e. The number of allylic oxidation sites excluding steroid dienone is 1. The molecule has 0 aromatic heterocycles. The van der Waals surface area contributed by atoms with Crippen molar-refractivity contribution in [1.82, 2.24) is 0 Å². The summed E-state index contributed by atoms with van der Waals surface area (Å²) in [6, 6.07) is 0. The van der Waals surface area contributed by atoms with Crippen LogP contribution in [-0.4, -0.2) is 24.3 Å². The average molecular weight is 242 g/mol. The number of hydrogen-bond acceptors (Lipinski definition) is 3. The second kappa shape index (κ2) is 10.3. The number of carbonyl (C=O) groups is 1. The highest BCUT2D eigenvalue weighted by Crippen LogP contribution is 2.11. The van der Waals surface area contributed by atoms with Crippen LogP contribution >= 0.6 is 0 Å². The van der Waals surface area contributed by atoms with E-state index in [0.29, 0.717) is 18.1 Å². The summed E-state index contributed by atoms with van der Waals surface area (Å²) in [5, 5.41) is 8.63. The Morgan fingerprint density at radius 1 is 1.29 bits per heavy atom. The number of aliphatic hydroxyl groups excluding tert-OH is 1. The molecule has 17 heavy (non-hydrogen) atoms. The molecular formula is C14H26O3. The minimum Gasteiger partial charge on any atom is -0.462 e. The fourth-order valence-electron chi connectivity index (χ4n) is 1.49. The van der Waals surface area contributed by atoms with Gasteiger partial charge in [-0.2, -0.15) is 0 Å². The Morgan fingerprint density at radius 2 is 1.94 bits per heavy atom. The van der Waals surface area contributed by atoms with Crippen LogP contribution in [0.1, 0.15) is 52.9 Å². The summed E-state index contributed by atoms with van der Waals surface area (Å²) in [5.41, 5.74) is 0.667. The first kappa shape index (κ1) is 16.2. The minimum absolute atomic E-state index is 0.209. The zero-order valence-electron chi connectivity index (χ0n) is 11.4. The molecule has 0 saturated carbocycles. The molecule has 1 N–H and O–H groups in total. The molecule has 0 spiro atoms. The molecular weight excluding hydrogens is 216 g/mol. The second-order valence-corrected chi connectivity index (χ2v) is 4.60. The van der Waals surface area contributed by atoms with Gasteiger partial charge in [0.05, 0.1) is 6.61 Å². The number of ether oxygens (including phenoxy) is 1. The van der Waals surface area contributed by atoms with Crippen LogP contribution in [0, 0.1) is 5.92 Å². The van der Waals surface area contributed by atoms with Gasteiger partial charge in [-0.15, -0.1) is 0 Å². The Kier molecular flexibility index (Phi) is 9.83. The molecule has 0 radical (unpaired) electrons. The van der Waals surface area contributed by atoms with E-state index in [9.17, 15) is 4.79 Å². The number of unbranched alkanes of at least 4 members (excludes halogenated alkanes) is 3. The highest BCUT2D eigenvalue weighted by molar-refractivity contribution is 5.87. The number of rotatable bonds is 9. The molecule has 0 fully saturated rings. The number of aliphatic hydroxyl groups is 1. The van der Waals surface area contributed by atoms with Crippen molar-refractivity contribution in [3.63, 3.8) is 0 Å². The van der Waals surface area contributed by atoms with Crippen molar-refractivity contribution in [3.05, 3.63) is 11.6 Å². The molecule has 0 aromatic carbocycles. The number of hydrogen-bond donors (Lipinski definition) is 1. The quantitative estimate of drug-likeness (QED) is 0.384. The smallest absolute Gasteiger partial charge is 0.333 e. The van der Waals surface area contributed by atoms with Crippen molar-refractivity contribution in [1.29, 1.82) is 0 Å². The zero-order valence-corrected chi connectivity index (χ0v) is 11.4. The Hall–Kier alpha value is -0.830. The van der Waals surface area contributed by atoms with Crippen LogP contribution in [0.2, 0.25) is 0 Å². The maximum absolute atomic E-state index is 11.4. The maximum Gasteiger partial charge on any atom is 0.333 e. The Balaban J connectivity index is 3.52. The third-order valence-corrected chi connectivity index (χ3v) is 2.86. The predicted molar refractivity (Wildman–Crippen MR) is 69.7 cm³/mol. The normalized spacial score (nSPS) is 13.5.